The molecule has 8 nitrogen and oxygen atoms in total. The van der Waals surface area contributed by atoms with Crippen molar-refractivity contribution in [2.75, 3.05) is 12.3 Å². The van der Waals surface area contributed by atoms with Crippen LogP contribution in [0, 0.1) is 0 Å². The maximum atomic E-state index is 9.38. The Kier molecular flexibility index (Phi) is 3.08. The molecule has 1 aliphatic heterocycles. The van der Waals surface area contributed by atoms with Gasteiger partial charge in [-0.15, -0.1) is 0 Å². The molecule has 0 saturated carbocycles. The van der Waals surface area contributed by atoms with Gasteiger partial charge in [0.1, 0.15) is 24.1 Å². The van der Waals surface area contributed by atoms with Gasteiger partial charge in [-0.3, -0.25) is 0 Å². The fourth-order valence-corrected chi connectivity index (χ4v) is 2.44. The van der Waals surface area contributed by atoms with E-state index in [0.717, 1.165) is 0 Å². The zero-order valence-electron chi connectivity index (χ0n) is 11.4. The normalized spacial score (nSPS) is 25.4. The number of fused-ring (bicyclic) bond motifs is 1. The molecule has 3 N–H and O–H groups in total. The molecule has 0 bridgehead atoms. The molecule has 2 aromatic heterocycles. The third-order valence-electron chi connectivity index (χ3n) is 3.27. The Bertz CT molecular complexity index is 627. The summed E-state index contributed by atoms with van der Waals surface area (Å²) >= 11 is 0. The van der Waals surface area contributed by atoms with Crippen LogP contribution in [-0.4, -0.2) is 49.2 Å². The van der Waals surface area contributed by atoms with Gasteiger partial charge in [-0.05, 0) is 13.8 Å². The molecule has 0 unspecified atom stereocenters. The number of nitrogen functional groups attached to an aromatic ring is 1. The minimum atomic E-state index is -0.706. The number of imidazole rings is 1. The van der Waals surface area contributed by atoms with E-state index < -0.39 is 5.79 Å². The number of aromatic nitrogens is 4. The monoisotopic (exact) mass is 279 g/mol. The standard InChI is InChI=1S/C12H17N5O3/c1-12(2)19-7(8(4-18)20-12)3-17-6-16-9-10(13)14-5-15-11(9)17/h5-8,18H,3-4H2,1-2H3,(H2,13,14,15)/t7-,8-/m0/s1. The van der Waals surface area contributed by atoms with Gasteiger partial charge in [-0.1, -0.05) is 0 Å². The van der Waals surface area contributed by atoms with Crippen LogP contribution >= 0.6 is 0 Å². The number of hydrogen-bond acceptors (Lipinski definition) is 7. The highest BCUT2D eigenvalue weighted by Crippen LogP contribution is 2.29. The summed E-state index contributed by atoms with van der Waals surface area (Å²) in [4.78, 5) is 12.3. The lowest BCUT2D eigenvalue weighted by Gasteiger charge is -2.17. The molecule has 0 aromatic carbocycles. The fourth-order valence-electron chi connectivity index (χ4n) is 2.44. The minimum Gasteiger partial charge on any atom is -0.394 e. The minimum absolute atomic E-state index is 0.0994. The molecule has 0 radical (unpaired) electrons. The van der Waals surface area contributed by atoms with Crippen molar-refractivity contribution in [3.63, 3.8) is 0 Å². The van der Waals surface area contributed by atoms with E-state index in [1.54, 1.807) is 6.33 Å². The second kappa shape index (κ2) is 4.65. The fraction of sp³-hybridized carbons (Fsp3) is 0.583. The zero-order valence-corrected chi connectivity index (χ0v) is 11.4. The highest BCUT2D eigenvalue weighted by Gasteiger charge is 2.41. The largest absolute Gasteiger partial charge is 0.394 e. The van der Waals surface area contributed by atoms with Crippen molar-refractivity contribution in [2.45, 2.75) is 38.4 Å². The lowest BCUT2D eigenvalue weighted by atomic mass is 10.2. The Morgan fingerprint density at radius 2 is 2.05 bits per heavy atom. The number of nitrogens with zero attached hydrogens (tertiary/aromatic N) is 4. The maximum absolute atomic E-state index is 9.38. The molecular weight excluding hydrogens is 262 g/mol. The summed E-state index contributed by atoms with van der Waals surface area (Å²) in [7, 11) is 0. The number of nitrogens with two attached hydrogens (primary N) is 1. The predicted molar refractivity (Wildman–Crippen MR) is 70.6 cm³/mol. The molecule has 2 atom stereocenters. The molecule has 0 spiro atoms. The highest BCUT2D eigenvalue weighted by atomic mass is 16.8. The Hall–Kier alpha value is -1.77. The lowest BCUT2D eigenvalue weighted by Crippen LogP contribution is -2.30. The topological polar surface area (TPSA) is 108 Å². The molecule has 3 heterocycles. The predicted octanol–water partition coefficient (Wildman–Crippen LogP) is -0.0791. The van der Waals surface area contributed by atoms with Crippen LogP contribution in [0.15, 0.2) is 12.7 Å². The summed E-state index contributed by atoms with van der Waals surface area (Å²) < 4.78 is 13.3. The van der Waals surface area contributed by atoms with Gasteiger partial charge in [0.25, 0.3) is 0 Å². The summed E-state index contributed by atoms with van der Waals surface area (Å²) in [6.07, 6.45) is 2.39. The first kappa shape index (κ1) is 13.2. The van der Waals surface area contributed by atoms with Crippen molar-refractivity contribution in [3.05, 3.63) is 12.7 Å². The average molecular weight is 279 g/mol. The zero-order chi connectivity index (χ0) is 14.3. The van der Waals surface area contributed by atoms with E-state index in [-0.39, 0.29) is 18.8 Å². The van der Waals surface area contributed by atoms with Gasteiger partial charge < -0.3 is 24.9 Å². The second-order valence-electron chi connectivity index (χ2n) is 5.22. The van der Waals surface area contributed by atoms with Crippen LogP contribution in [-0.2, 0) is 16.0 Å². The second-order valence-corrected chi connectivity index (χ2v) is 5.22. The van der Waals surface area contributed by atoms with E-state index in [4.69, 9.17) is 15.2 Å². The molecule has 8 heteroatoms. The van der Waals surface area contributed by atoms with E-state index in [0.29, 0.717) is 23.5 Å². The summed E-state index contributed by atoms with van der Waals surface area (Å²) in [5, 5.41) is 9.38. The van der Waals surface area contributed by atoms with E-state index in [2.05, 4.69) is 15.0 Å². The smallest absolute Gasteiger partial charge is 0.165 e. The summed E-state index contributed by atoms with van der Waals surface area (Å²) in [6.45, 7) is 4.02. The highest BCUT2D eigenvalue weighted by molar-refractivity contribution is 5.81. The Morgan fingerprint density at radius 3 is 2.80 bits per heavy atom. The van der Waals surface area contributed by atoms with Crippen LogP contribution in [0.3, 0.4) is 0 Å². The molecule has 1 fully saturated rings. The van der Waals surface area contributed by atoms with Crippen molar-refractivity contribution in [1.29, 1.82) is 0 Å². The maximum Gasteiger partial charge on any atom is 0.165 e. The number of rotatable bonds is 3. The Morgan fingerprint density at radius 1 is 1.30 bits per heavy atom. The molecule has 108 valence electrons. The van der Waals surface area contributed by atoms with Crippen molar-refractivity contribution in [2.24, 2.45) is 0 Å². The van der Waals surface area contributed by atoms with Gasteiger partial charge in [0, 0.05) is 0 Å². The van der Waals surface area contributed by atoms with E-state index in [1.807, 2.05) is 18.4 Å². The first-order chi connectivity index (χ1) is 9.50. The average Bonchev–Trinajstić information content (AvgIpc) is 2.92. The molecular formula is C12H17N5O3. The summed E-state index contributed by atoms with van der Waals surface area (Å²) in [5.41, 5.74) is 6.95. The van der Waals surface area contributed by atoms with Crippen LogP contribution < -0.4 is 5.73 Å². The first-order valence-corrected chi connectivity index (χ1v) is 6.38. The van der Waals surface area contributed by atoms with Crippen LogP contribution in [0.1, 0.15) is 13.8 Å². The van der Waals surface area contributed by atoms with Gasteiger partial charge >= 0.3 is 0 Å². The number of aliphatic hydroxyl groups excluding tert-OH is 1. The third kappa shape index (κ3) is 2.21. The van der Waals surface area contributed by atoms with Gasteiger partial charge in [0.15, 0.2) is 17.3 Å². The molecule has 0 aliphatic carbocycles. The number of aliphatic hydroxyl groups is 1. The van der Waals surface area contributed by atoms with Gasteiger partial charge in [0.05, 0.1) is 19.5 Å². The van der Waals surface area contributed by atoms with Crippen LogP contribution in [0.4, 0.5) is 5.82 Å². The SMILES string of the molecule is CC1(C)O[C@@H](CO)[C@H](Cn2cnc3c(N)ncnc32)O1. The molecule has 2 aromatic rings. The molecule has 1 saturated heterocycles. The Balaban J connectivity index is 1.88. The van der Waals surface area contributed by atoms with Crippen molar-refractivity contribution < 1.29 is 14.6 Å². The van der Waals surface area contributed by atoms with Crippen LogP contribution in [0.25, 0.3) is 11.2 Å². The molecule has 20 heavy (non-hydrogen) atoms. The lowest BCUT2D eigenvalue weighted by molar-refractivity contribution is -0.149. The summed E-state index contributed by atoms with van der Waals surface area (Å²) in [6, 6.07) is 0. The van der Waals surface area contributed by atoms with Crippen LogP contribution in [0.5, 0.6) is 0 Å². The summed E-state index contributed by atoms with van der Waals surface area (Å²) in [5.74, 6) is -0.362. The number of ether oxygens (including phenoxy) is 2. The van der Waals surface area contributed by atoms with Crippen molar-refractivity contribution in [1.82, 2.24) is 19.5 Å². The Labute approximate surface area is 115 Å². The van der Waals surface area contributed by atoms with Crippen molar-refractivity contribution >= 4 is 17.0 Å². The molecule has 1 aliphatic rings. The third-order valence-corrected chi connectivity index (χ3v) is 3.27. The number of hydrogen-bond donors (Lipinski definition) is 2. The van der Waals surface area contributed by atoms with E-state index in [9.17, 15) is 5.11 Å². The van der Waals surface area contributed by atoms with Gasteiger partial charge in [-0.2, -0.15) is 0 Å². The quantitative estimate of drug-likeness (QED) is 0.809. The first-order valence-electron chi connectivity index (χ1n) is 6.38. The molecule has 0 amide bonds. The molecule has 3 rings (SSSR count). The van der Waals surface area contributed by atoms with Gasteiger partial charge in [0.2, 0.25) is 0 Å². The van der Waals surface area contributed by atoms with E-state index >= 15 is 0 Å². The number of anilines is 1. The van der Waals surface area contributed by atoms with Gasteiger partial charge in [-0.25, -0.2) is 15.0 Å². The van der Waals surface area contributed by atoms with Crippen LogP contribution in [0.2, 0.25) is 0 Å². The van der Waals surface area contributed by atoms with E-state index in [1.165, 1.54) is 6.33 Å². The van der Waals surface area contributed by atoms with Crippen molar-refractivity contribution in [3.8, 4) is 0 Å².